The lowest BCUT2D eigenvalue weighted by Gasteiger charge is -2.27. The molecule has 0 heterocycles. The highest BCUT2D eigenvalue weighted by Crippen LogP contribution is 2.27. The molecule has 0 saturated carbocycles. The van der Waals surface area contributed by atoms with Gasteiger partial charge in [-0.3, -0.25) is 0 Å². The summed E-state index contributed by atoms with van der Waals surface area (Å²) in [6.07, 6.45) is 0. The van der Waals surface area contributed by atoms with Crippen LogP contribution in [-0.4, -0.2) is 29.2 Å². The van der Waals surface area contributed by atoms with Crippen LogP contribution in [0.25, 0.3) is 5.57 Å². The number of allylic oxidation sites excluding steroid dienone is 1. The van der Waals surface area contributed by atoms with Gasteiger partial charge in [0.1, 0.15) is 11.4 Å². The van der Waals surface area contributed by atoms with Gasteiger partial charge in [-0.15, -0.1) is 0 Å². The zero-order valence-electron chi connectivity index (χ0n) is 15.8. The average Bonchev–Trinajstić information content (AvgIpc) is 2.47. The molecule has 0 fully saturated rings. The molecule has 0 atom stereocenters. The van der Waals surface area contributed by atoms with Crippen molar-refractivity contribution >= 4 is 31.2 Å². The van der Waals surface area contributed by atoms with Crippen molar-refractivity contribution in [3.63, 3.8) is 0 Å². The largest absolute Gasteiger partial charge is 0.486 e. The van der Waals surface area contributed by atoms with Crippen LogP contribution in [0, 0.1) is 0 Å². The molecule has 2 aromatic carbocycles. The van der Waals surface area contributed by atoms with Gasteiger partial charge in [0.15, 0.2) is 0 Å². The minimum Gasteiger partial charge on any atom is -0.486 e. The molecule has 0 aliphatic heterocycles. The van der Waals surface area contributed by atoms with Gasteiger partial charge >= 0.3 is 0 Å². The Morgan fingerprint density at radius 2 is 1.67 bits per heavy atom. The first kappa shape index (κ1) is 18.3. The summed E-state index contributed by atoms with van der Waals surface area (Å²) in [6.45, 7) is 12.4. The molecular weight excluding hydrogens is 310 g/mol. The Balaban J connectivity index is 2.38. The third-order valence-corrected chi connectivity index (χ3v) is 5.62. The van der Waals surface area contributed by atoms with Crippen LogP contribution in [0.5, 0.6) is 5.75 Å². The van der Waals surface area contributed by atoms with Crippen molar-refractivity contribution in [1.82, 2.24) is 0 Å². The predicted octanol–water partition coefficient (Wildman–Crippen LogP) is 3.08. The van der Waals surface area contributed by atoms with Crippen LogP contribution >= 0.6 is 0 Å². The summed E-state index contributed by atoms with van der Waals surface area (Å²) in [6, 6.07) is 15.3. The molecule has 0 aliphatic rings. The molecule has 2 rings (SSSR count). The van der Waals surface area contributed by atoms with E-state index in [9.17, 15) is 0 Å². The number of ether oxygens (including phenoxy) is 1. The highest BCUT2D eigenvalue weighted by atomic mass is 28.2. The molecule has 0 aromatic heterocycles. The predicted molar refractivity (Wildman–Crippen MR) is 110 cm³/mol. The van der Waals surface area contributed by atoms with Crippen molar-refractivity contribution in [2.75, 3.05) is 19.0 Å². The topological polar surface area (TPSA) is 12.5 Å². The lowest BCUT2D eigenvalue weighted by atomic mass is 10.1. The van der Waals surface area contributed by atoms with Crippen molar-refractivity contribution in [3.8, 4) is 5.75 Å². The standard InChI is InChI=1S/C21H29NOSi/c1-15(2)16-11-13-17(14-12-16)24-19-10-8-9-18(22(6)7)20(19)23-21(3,4)5/h8-14H,1,24H2,2-7H3. The van der Waals surface area contributed by atoms with E-state index < -0.39 is 9.52 Å². The van der Waals surface area contributed by atoms with Crippen molar-refractivity contribution < 1.29 is 4.74 Å². The van der Waals surface area contributed by atoms with Crippen molar-refractivity contribution in [3.05, 3.63) is 54.6 Å². The van der Waals surface area contributed by atoms with Crippen LogP contribution in [0.2, 0.25) is 0 Å². The molecule has 0 spiro atoms. The summed E-state index contributed by atoms with van der Waals surface area (Å²) in [5, 5.41) is 2.76. The smallest absolute Gasteiger partial charge is 0.142 e. The van der Waals surface area contributed by atoms with E-state index in [4.69, 9.17) is 4.74 Å². The molecule has 0 amide bonds. The fourth-order valence-electron chi connectivity index (χ4n) is 2.61. The Morgan fingerprint density at radius 3 is 2.17 bits per heavy atom. The number of benzene rings is 2. The normalized spacial score (nSPS) is 11.8. The van der Waals surface area contributed by atoms with E-state index in [0.717, 1.165) is 17.0 Å². The molecule has 128 valence electrons. The minimum atomic E-state index is -0.607. The van der Waals surface area contributed by atoms with Gasteiger partial charge in [-0.2, -0.15) is 0 Å². The summed E-state index contributed by atoms with van der Waals surface area (Å²) >= 11 is 0. The molecule has 0 radical (unpaired) electrons. The monoisotopic (exact) mass is 339 g/mol. The maximum Gasteiger partial charge on any atom is 0.142 e. The molecule has 0 N–H and O–H groups in total. The first-order valence-corrected chi connectivity index (χ1v) is 9.82. The van der Waals surface area contributed by atoms with Crippen molar-refractivity contribution in [2.45, 2.75) is 33.3 Å². The average molecular weight is 340 g/mol. The Kier molecular flexibility index (Phi) is 5.55. The molecule has 2 aromatic rings. The van der Waals surface area contributed by atoms with Crippen LogP contribution in [0.4, 0.5) is 5.69 Å². The zero-order chi connectivity index (χ0) is 17.9. The van der Waals surface area contributed by atoms with E-state index in [-0.39, 0.29) is 5.60 Å². The van der Waals surface area contributed by atoms with Crippen LogP contribution in [-0.2, 0) is 0 Å². The van der Waals surface area contributed by atoms with E-state index in [2.05, 4.69) is 88.8 Å². The van der Waals surface area contributed by atoms with E-state index in [1.807, 2.05) is 6.92 Å². The molecule has 0 unspecified atom stereocenters. The lowest BCUT2D eigenvalue weighted by molar-refractivity contribution is 0.133. The molecular formula is C21H29NOSi. The summed E-state index contributed by atoms with van der Waals surface area (Å²) in [5.74, 6) is 1.03. The third-order valence-electron chi connectivity index (χ3n) is 3.81. The second kappa shape index (κ2) is 7.26. The summed E-state index contributed by atoms with van der Waals surface area (Å²) in [7, 11) is 3.53. The van der Waals surface area contributed by atoms with E-state index in [0.29, 0.717) is 0 Å². The van der Waals surface area contributed by atoms with Gasteiger partial charge < -0.3 is 9.64 Å². The molecule has 24 heavy (non-hydrogen) atoms. The zero-order valence-corrected chi connectivity index (χ0v) is 17.2. The van der Waals surface area contributed by atoms with Crippen molar-refractivity contribution in [2.24, 2.45) is 0 Å². The van der Waals surface area contributed by atoms with Crippen LogP contribution in [0.15, 0.2) is 49.0 Å². The van der Waals surface area contributed by atoms with Crippen LogP contribution < -0.4 is 20.0 Å². The highest BCUT2D eigenvalue weighted by Gasteiger charge is 2.19. The number of nitrogens with zero attached hydrogens (tertiary/aromatic N) is 1. The number of hydrogen-bond acceptors (Lipinski definition) is 2. The lowest BCUT2D eigenvalue weighted by Crippen LogP contribution is -2.33. The fraction of sp³-hybridized carbons (Fsp3) is 0.333. The van der Waals surface area contributed by atoms with Crippen LogP contribution in [0.1, 0.15) is 33.3 Å². The maximum absolute atomic E-state index is 6.34. The SMILES string of the molecule is C=C(C)c1ccc([SiH2]c2cccc(N(C)C)c2OC(C)(C)C)cc1. The first-order chi connectivity index (χ1) is 11.2. The summed E-state index contributed by atoms with van der Waals surface area (Å²) in [4.78, 5) is 2.13. The Hall–Kier alpha value is -2.00. The molecule has 0 aliphatic carbocycles. The number of rotatable bonds is 5. The maximum atomic E-state index is 6.34. The number of anilines is 1. The molecule has 3 heteroatoms. The number of para-hydroxylation sites is 1. The van der Waals surface area contributed by atoms with Crippen LogP contribution in [0.3, 0.4) is 0 Å². The Labute approximate surface area is 149 Å². The summed E-state index contributed by atoms with van der Waals surface area (Å²) in [5.41, 5.74) is 3.25. The van der Waals surface area contributed by atoms with Gasteiger partial charge in [-0.05, 0) is 44.5 Å². The van der Waals surface area contributed by atoms with Gasteiger partial charge in [-0.1, -0.05) is 53.7 Å². The van der Waals surface area contributed by atoms with Gasteiger partial charge in [-0.25, -0.2) is 0 Å². The van der Waals surface area contributed by atoms with Gasteiger partial charge in [0.25, 0.3) is 0 Å². The Morgan fingerprint density at radius 1 is 1.04 bits per heavy atom. The second-order valence-electron chi connectivity index (χ2n) is 7.53. The van der Waals surface area contributed by atoms with Crippen molar-refractivity contribution in [1.29, 1.82) is 0 Å². The van der Waals surface area contributed by atoms with Gasteiger partial charge in [0.2, 0.25) is 0 Å². The van der Waals surface area contributed by atoms with E-state index in [1.165, 1.54) is 15.9 Å². The van der Waals surface area contributed by atoms with Gasteiger partial charge in [0.05, 0.1) is 15.2 Å². The minimum absolute atomic E-state index is 0.209. The third kappa shape index (κ3) is 4.75. The fourth-order valence-corrected chi connectivity index (χ4v) is 4.19. The molecule has 0 bridgehead atoms. The quantitative estimate of drug-likeness (QED) is 0.776. The second-order valence-corrected chi connectivity index (χ2v) is 9.46. The van der Waals surface area contributed by atoms with E-state index in [1.54, 1.807) is 0 Å². The molecule has 0 saturated heterocycles. The molecule has 2 nitrogen and oxygen atoms in total. The number of hydrogen-bond donors (Lipinski definition) is 0. The highest BCUT2D eigenvalue weighted by molar-refractivity contribution is 6.68. The Bertz CT molecular complexity index is 712. The van der Waals surface area contributed by atoms with E-state index >= 15 is 0 Å². The first-order valence-electron chi connectivity index (χ1n) is 8.40. The van der Waals surface area contributed by atoms with Gasteiger partial charge in [0, 0.05) is 14.1 Å². The summed E-state index contributed by atoms with van der Waals surface area (Å²) < 4.78 is 6.34.